The fourth-order valence-corrected chi connectivity index (χ4v) is 5.69. The van der Waals surface area contributed by atoms with Crippen LogP contribution in [0.5, 0.6) is 5.75 Å². The second kappa shape index (κ2) is 12.2. The average molecular weight is 576 g/mol. The summed E-state index contributed by atoms with van der Waals surface area (Å²) in [6.45, 7) is 2.23. The van der Waals surface area contributed by atoms with Gasteiger partial charge in [0, 0.05) is 31.2 Å². The maximum absolute atomic E-state index is 13.1. The lowest BCUT2D eigenvalue weighted by molar-refractivity contribution is -0.189. The van der Waals surface area contributed by atoms with Crippen molar-refractivity contribution in [3.05, 3.63) is 83.9 Å². The third-order valence-electron chi connectivity index (χ3n) is 6.47. The predicted octanol–water partition coefficient (Wildman–Crippen LogP) is 3.70. The van der Waals surface area contributed by atoms with Gasteiger partial charge in [0.15, 0.2) is 0 Å². The average Bonchev–Trinajstić information content (AvgIpc) is 2.92. The first-order chi connectivity index (χ1) is 18.9. The molecule has 1 saturated heterocycles. The minimum Gasteiger partial charge on any atom is -0.419 e. The molecular weight excluding hydrogens is 547 g/mol. The van der Waals surface area contributed by atoms with Crippen molar-refractivity contribution >= 4 is 21.9 Å². The number of carbonyl (C=O) groups excluding carboxylic acids is 2. The number of carbonyl (C=O) groups is 2. The summed E-state index contributed by atoms with van der Waals surface area (Å²) >= 11 is 0. The lowest BCUT2D eigenvalue weighted by Gasteiger charge is -2.30. The van der Waals surface area contributed by atoms with Gasteiger partial charge in [0.25, 0.3) is 0 Å². The van der Waals surface area contributed by atoms with Crippen LogP contribution in [0.15, 0.2) is 77.7 Å². The molecule has 212 valence electrons. The van der Waals surface area contributed by atoms with Crippen molar-refractivity contribution in [1.29, 1.82) is 0 Å². The SMILES string of the molecule is Cc1ccc(S(=O)(=O)N[C@H]2CNC[C@@H](C(=O)NCc3c(OC(=O)C(F)(F)F)cccc3-c3ccccc3)C2)cc1. The number of alkyl halides is 3. The highest BCUT2D eigenvalue weighted by atomic mass is 32.2. The summed E-state index contributed by atoms with van der Waals surface area (Å²) < 4.78 is 71.7. The van der Waals surface area contributed by atoms with E-state index in [0.29, 0.717) is 17.7 Å². The van der Waals surface area contributed by atoms with Gasteiger partial charge in [-0.25, -0.2) is 17.9 Å². The Morgan fingerprint density at radius 3 is 2.35 bits per heavy atom. The van der Waals surface area contributed by atoms with Crippen molar-refractivity contribution in [1.82, 2.24) is 15.4 Å². The summed E-state index contributed by atoms with van der Waals surface area (Å²) in [5.41, 5.74) is 2.25. The molecule has 12 heteroatoms. The van der Waals surface area contributed by atoms with Gasteiger partial charge >= 0.3 is 12.1 Å². The number of ether oxygens (including phenoxy) is 1. The van der Waals surface area contributed by atoms with E-state index in [9.17, 15) is 31.2 Å². The van der Waals surface area contributed by atoms with Crippen LogP contribution >= 0.6 is 0 Å². The number of hydrogen-bond donors (Lipinski definition) is 3. The number of nitrogens with one attached hydrogen (secondary N) is 3. The highest BCUT2D eigenvalue weighted by Crippen LogP contribution is 2.32. The highest BCUT2D eigenvalue weighted by Gasteiger charge is 2.42. The number of piperidine rings is 1. The lowest BCUT2D eigenvalue weighted by atomic mass is 9.95. The smallest absolute Gasteiger partial charge is 0.419 e. The Kier molecular flexibility index (Phi) is 8.92. The summed E-state index contributed by atoms with van der Waals surface area (Å²) in [7, 11) is -3.81. The Labute approximate surface area is 230 Å². The second-order valence-corrected chi connectivity index (χ2v) is 11.2. The molecule has 1 amide bonds. The van der Waals surface area contributed by atoms with Crippen molar-refractivity contribution in [2.75, 3.05) is 13.1 Å². The predicted molar refractivity (Wildman–Crippen MR) is 142 cm³/mol. The van der Waals surface area contributed by atoms with E-state index >= 15 is 0 Å². The van der Waals surface area contributed by atoms with Gasteiger partial charge < -0.3 is 15.4 Å². The number of aryl methyl sites for hydroxylation is 1. The van der Waals surface area contributed by atoms with E-state index in [1.54, 1.807) is 48.5 Å². The van der Waals surface area contributed by atoms with Gasteiger partial charge in [-0.2, -0.15) is 13.2 Å². The molecule has 0 aliphatic carbocycles. The van der Waals surface area contributed by atoms with E-state index in [1.165, 1.54) is 24.3 Å². The first-order valence-corrected chi connectivity index (χ1v) is 14.0. The van der Waals surface area contributed by atoms with Gasteiger partial charge in [-0.05, 0) is 42.7 Å². The van der Waals surface area contributed by atoms with Crippen molar-refractivity contribution in [2.45, 2.75) is 37.0 Å². The van der Waals surface area contributed by atoms with Gasteiger partial charge in [0.2, 0.25) is 15.9 Å². The number of rotatable bonds is 8. The van der Waals surface area contributed by atoms with Crippen LogP contribution in [0.4, 0.5) is 13.2 Å². The van der Waals surface area contributed by atoms with E-state index in [0.717, 1.165) is 5.56 Å². The van der Waals surface area contributed by atoms with E-state index in [-0.39, 0.29) is 35.7 Å². The van der Waals surface area contributed by atoms with E-state index in [4.69, 9.17) is 0 Å². The maximum atomic E-state index is 13.1. The monoisotopic (exact) mass is 575 g/mol. The number of halogens is 3. The fraction of sp³-hybridized carbons (Fsp3) is 0.286. The normalized spacial score (nSPS) is 17.7. The maximum Gasteiger partial charge on any atom is 0.491 e. The van der Waals surface area contributed by atoms with E-state index < -0.39 is 40.0 Å². The van der Waals surface area contributed by atoms with E-state index in [1.807, 2.05) is 6.92 Å². The van der Waals surface area contributed by atoms with Crippen molar-refractivity contribution in [3.8, 4) is 16.9 Å². The molecule has 0 saturated carbocycles. The third-order valence-corrected chi connectivity index (χ3v) is 8.00. The standard InChI is InChI=1S/C28H28F3N3O5S/c1-18-10-12-22(13-11-18)40(37,38)34-21-14-20(15-32-16-21)26(35)33-17-24-23(19-6-3-2-4-7-19)8-5-9-25(24)39-27(36)28(29,30)31/h2-13,20-21,32,34H,14-17H2,1H3,(H,33,35)/t20-,21+/m0/s1. The van der Waals surface area contributed by atoms with Gasteiger partial charge in [-0.15, -0.1) is 0 Å². The Bertz CT molecular complexity index is 1460. The summed E-state index contributed by atoms with van der Waals surface area (Å²) in [6, 6.07) is 18.9. The van der Waals surface area contributed by atoms with Crippen LogP contribution in [0.25, 0.3) is 11.1 Å². The number of hydrogen-bond acceptors (Lipinski definition) is 6. The Morgan fingerprint density at radius 2 is 1.68 bits per heavy atom. The van der Waals surface area contributed by atoms with Crippen LogP contribution in [0.1, 0.15) is 17.5 Å². The van der Waals surface area contributed by atoms with Crippen LogP contribution in [-0.2, 0) is 26.2 Å². The molecule has 0 aromatic heterocycles. The summed E-state index contributed by atoms with van der Waals surface area (Å²) in [5.74, 6) is -3.74. The molecule has 4 rings (SSSR count). The van der Waals surface area contributed by atoms with Gasteiger partial charge in [-0.3, -0.25) is 4.79 Å². The van der Waals surface area contributed by atoms with Crippen LogP contribution in [-0.4, -0.2) is 45.6 Å². The molecular formula is C28H28F3N3O5S. The molecule has 3 aromatic rings. The lowest BCUT2D eigenvalue weighted by Crippen LogP contribution is -2.52. The largest absolute Gasteiger partial charge is 0.491 e. The van der Waals surface area contributed by atoms with Crippen LogP contribution in [0, 0.1) is 12.8 Å². The highest BCUT2D eigenvalue weighted by molar-refractivity contribution is 7.89. The molecule has 0 unspecified atom stereocenters. The van der Waals surface area contributed by atoms with Crippen LogP contribution < -0.4 is 20.1 Å². The van der Waals surface area contributed by atoms with E-state index in [2.05, 4.69) is 20.1 Å². The molecule has 1 heterocycles. The van der Waals surface area contributed by atoms with Crippen LogP contribution in [0.2, 0.25) is 0 Å². The molecule has 1 aliphatic heterocycles. The molecule has 0 radical (unpaired) electrons. The number of benzene rings is 3. The van der Waals surface area contributed by atoms with Crippen LogP contribution in [0.3, 0.4) is 0 Å². The molecule has 1 aliphatic rings. The van der Waals surface area contributed by atoms with Crippen molar-refractivity contribution in [3.63, 3.8) is 0 Å². The zero-order chi connectivity index (χ0) is 28.9. The summed E-state index contributed by atoms with van der Waals surface area (Å²) in [6.07, 6.45) is -4.99. The number of esters is 1. The molecule has 3 aromatic carbocycles. The van der Waals surface area contributed by atoms with Crippen molar-refractivity contribution in [2.24, 2.45) is 5.92 Å². The number of amides is 1. The Balaban J connectivity index is 1.49. The van der Waals surface area contributed by atoms with Gasteiger partial charge in [0.05, 0.1) is 10.8 Å². The molecule has 3 N–H and O–H groups in total. The molecule has 40 heavy (non-hydrogen) atoms. The topological polar surface area (TPSA) is 114 Å². The second-order valence-electron chi connectivity index (χ2n) is 9.48. The van der Waals surface area contributed by atoms with Crippen molar-refractivity contribution < 1.29 is 35.9 Å². The molecule has 2 atom stereocenters. The summed E-state index contributed by atoms with van der Waals surface area (Å²) in [5, 5.41) is 5.78. The minimum absolute atomic E-state index is 0.114. The minimum atomic E-state index is -5.20. The molecule has 0 bridgehead atoms. The van der Waals surface area contributed by atoms with Gasteiger partial charge in [0.1, 0.15) is 5.75 Å². The first kappa shape index (κ1) is 29.2. The molecule has 1 fully saturated rings. The Morgan fingerprint density at radius 1 is 0.975 bits per heavy atom. The zero-order valence-corrected chi connectivity index (χ0v) is 22.3. The van der Waals surface area contributed by atoms with Gasteiger partial charge in [-0.1, -0.05) is 60.2 Å². The number of sulfonamides is 1. The quantitative estimate of drug-likeness (QED) is 0.279. The molecule has 0 spiro atoms. The molecule has 8 nitrogen and oxygen atoms in total. The fourth-order valence-electron chi connectivity index (χ4n) is 4.45. The zero-order valence-electron chi connectivity index (χ0n) is 21.5. The third kappa shape index (κ3) is 7.26. The Hall–Kier alpha value is -3.74. The first-order valence-electron chi connectivity index (χ1n) is 12.5. The summed E-state index contributed by atoms with van der Waals surface area (Å²) in [4.78, 5) is 24.8.